The lowest BCUT2D eigenvalue weighted by molar-refractivity contribution is -0.384. The van der Waals surface area contributed by atoms with E-state index in [2.05, 4.69) is 5.32 Å². The molecule has 0 bridgehead atoms. The van der Waals surface area contributed by atoms with E-state index in [0.717, 1.165) is 27.3 Å². The maximum Gasteiger partial charge on any atom is 0.271 e. The van der Waals surface area contributed by atoms with Gasteiger partial charge in [-0.3, -0.25) is 19.2 Å². The number of nitro groups is 1. The summed E-state index contributed by atoms with van der Waals surface area (Å²) in [6.45, 7) is 7.62. The Labute approximate surface area is 183 Å². The van der Waals surface area contributed by atoms with Gasteiger partial charge in [0, 0.05) is 12.1 Å². The number of non-ortho nitro benzene ring substituents is 1. The van der Waals surface area contributed by atoms with Gasteiger partial charge in [0.25, 0.3) is 5.69 Å². The fourth-order valence-electron chi connectivity index (χ4n) is 3.69. The van der Waals surface area contributed by atoms with Crippen LogP contribution in [0.15, 0.2) is 42.5 Å². The minimum Gasteiger partial charge on any atom is -0.347 e. The Hall–Kier alpha value is -2.94. The van der Waals surface area contributed by atoms with Crippen molar-refractivity contribution in [2.75, 3.05) is 10.6 Å². The highest BCUT2D eigenvalue weighted by molar-refractivity contribution is 7.92. The normalized spacial score (nSPS) is 13.3. The molecule has 1 amide bonds. The number of sulfonamides is 1. The topological polar surface area (TPSA) is 110 Å². The molecule has 0 heterocycles. The van der Waals surface area contributed by atoms with Gasteiger partial charge in [-0.05, 0) is 43.9 Å². The molecule has 0 radical (unpaired) electrons. The van der Waals surface area contributed by atoms with Gasteiger partial charge in [-0.25, -0.2) is 8.42 Å². The van der Waals surface area contributed by atoms with Crippen LogP contribution in [-0.2, 0) is 14.8 Å². The number of anilines is 1. The Bertz CT molecular complexity index is 1070. The third kappa shape index (κ3) is 5.81. The van der Waals surface area contributed by atoms with Crippen molar-refractivity contribution in [2.24, 2.45) is 0 Å². The van der Waals surface area contributed by atoms with Crippen molar-refractivity contribution in [1.29, 1.82) is 0 Å². The molecular weight excluding hydrogens is 418 g/mol. The van der Waals surface area contributed by atoms with Gasteiger partial charge in [0.05, 0.1) is 22.9 Å². The van der Waals surface area contributed by atoms with Crippen molar-refractivity contribution in [2.45, 2.75) is 52.6 Å². The summed E-state index contributed by atoms with van der Waals surface area (Å²) in [5.74, 6) is -0.453. The first-order valence-corrected chi connectivity index (χ1v) is 12.0. The van der Waals surface area contributed by atoms with Crippen LogP contribution in [0.4, 0.5) is 11.4 Å². The molecule has 8 nitrogen and oxygen atoms in total. The van der Waals surface area contributed by atoms with Crippen molar-refractivity contribution >= 4 is 27.3 Å². The molecule has 9 heteroatoms. The first kappa shape index (κ1) is 24.3. The standard InChI is InChI=1S/C22H29N3O5S/c1-6-20(19-12-11-15(3)13-16(19)4)23-22(26)21(7-2)24(31(5,29)30)17-9-8-10-18(14-17)25(27)28/h8-14,20-21H,6-7H2,1-5H3,(H,23,26)/t20-,21+/m1/s1. The van der Waals surface area contributed by atoms with Crippen LogP contribution < -0.4 is 9.62 Å². The SMILES string of the molecule is CC[C@@H](NC(=O)[C@H](CC)N(c1cccc([N+](=O)[O-])c1)S(C)(=O)=O)c1ccc(C)cc1C. The van der Waals surface area contributed by atoms with Gasteiger partial charge in [-0.1, -0.05) is 43.7 Å². The highest BCUT2D eigenvalue weighted by Gasteiger charge is 2.33. The fraction of sp³-hybridized carbons (Fsp3) is 0.409. The van der Waals surface area contributed by atoms with Gasteiger partial charge in [0.2, 0.25) is 15.9 Å². The van der Waals surface area contributed by atoms with E-state index in [4.69, 9.17) is 0 Å². The van der Waals surface area contributed by atoms with E-state index < -0.39 is 26.9 Å². The number of amides is 1. The summed E-state index contributed by atoms with van der Waals surface area (Å²) >= 11 is 0. The Morgan fingerprint density at radius 2 is 1.81 bits per heavy atom. The van der Waals surface area contributed by atoms with Crippen molar-refractivity contribution in [3.05, 3.63) is 69.3 Å². The average Bonchev–Trinajstić information content (AvgIpc) is 2.69. The van der Waals surface area contributed by atoms with Crippen LogP contribution in [0.25, 0.3) is 0 Å². The summed E-state index contributed by atoms with van der Waals surface area (Å²) in [4.78, 5) is 23.8. The quantitative estimate of drug-likeness (QED) is 0.461. The summed E-state index contributed by atoms with van der Waals surface area (Å²) < 4.78 is 26.2. The maximum absolute atomic E-state index is 13.2. The van der Waals surface area contributed by atoms with Crippen LogP contribution in [-0.4, -0.2) is 31.5 Å². The minimum absolute atomic E-state index is 0.0817. The molecular formula is C22H29N3O5S. The van der Waals surface area contributed by atoms with Crippen molar-refractivity contribution in [1.82, 2.24) is 5.32 Å². The summed E-state index contributed by atoms with van der Waals surface area (Å²) in [6, 6.07) is 9.94. The molecule has 0 spiro atoms. The van der Waals surface area contributed by atoms with Crippen molar-refractivity contribution in [3.63, 3.8) is 0 Å². The maximum atomic E-state index is 13.2. The molecule has 0 fully saturated rings. The number of nitrogens with zero attached hydrogens (tertiary/aromatic N) is 2. The van der Waals surface area contributed by atoms with Gasteiger partial charge in [-0.15, -0.1) is 0 Å². The number of aryl methyl sites for hydroxylation is 2. The second-order valence-corrected chi connectivity index (χ2v) is 9.45. The molecule has 2 aromatic carbocycles. The lowest BCUT2D eigenvalue weighted by Gasteiger charge is -2.31. The summed E-state index contributed by atoms with van der Waals surface area (Å²) in [6.07, 6.45) is 1.82. The molecule has 0 saturated carbocycles. The van der Waals surface area contributed by atoms with Gasteiger partial charge < -0.3 is 5.32 Å². The first-order chi connectivity index (χ1) is 14.5. The van der Waals surface area contributed by atoms with E-state index in [1.807, 2.05) is 39.0 Å². The number of nitro benzene ring substituents is 1. The van der Waals surface area contributed by atoms with E-state index in [1.54, 1.807) is 6.92 Å². The van der Waals surface area contributed by atoms with Crippen LogP contribution in [0.3, 0.4) is 0 Å². The molecule has 0 aliphatic rings. The highest BCUT2D eigenvalue weighted by atomic mass is 32.2. The van der Waals surface area contributed by atoms with Crippen LogP contribution in [0.5, 0.6) is 0 Å². The van der Waals surface area contributed by atoms with Gasteiger partial charge in [0.15, 0.2) is 0 Å². The number of carbonyl (C=O) groups excluding carboxylic acids is 1. The third-order valence-electron chi connectivity index (χ3n) is 5.15. The van der Waals surface area contributed by atoms with Crippen LogP contribution in [0.2, 0.25) is 0 Å². The molecule has 31 heavy (non-hydrogen) atoms. The Morgan fingerprint density at radius 1 is 1.13 bits per heavy atom. The van der Waals surface area contributed by atoms with Gasteiger partial charge in [0.1, 0.15) is 6.04 Å². The monoisotopic (exact) mass is 447 g/mol. The van der Waals surface area contributed by atoms with E-state index in [-0.39, 0.29) is 23.8 Å². The minimum atomic E-state index is -3.89. The summed E-state index contributed by atoms with van der Waals surface area (Å²) in [7, 11) is -3.89. The highest BCUT2D eigenvalue weighted by Crippen LogP contribution is 2.28. The fourth-order valence-corrected chi connectivity index (χ4v) is 4.89. The second kappa shape index (κ2) is 9.91. The van der Waals surface area contributed by atoms with E-state index in [1.165, 1.54) is 24.3 Å². The number of rotatable bonds is 9. The predicted molar refractivity (Wildman–Crippen MR) is 122 cm³/mol. The van der Waals surface area contributed by atoms with E-state index in [9.17, 15) is 23.3 Å². The zero-order valence-electron chi connectivity index (χ0n) is 18.5. The number of hydrogen-bond donors (Lipinski definition) is 1. The number of carbonyl (C=O) groups is 1. The number of hydrogen-bond acceptors (Lipinski definition) is 5. The molecule has 2 aromatic rings. The largest absolute Gasteiger partial charge is 0.347 e. The van der Waals surface area contributed by atoms with Gasteiger partial charge in [-0.2, -0.15) is 0 Å². The molecule has 0 aromatic heterocycles. The molecule has 1 N–H and O–H groups in total. The summed E-state index contributed by atoms with van der Waals surface area (Å²) in [5.41, 5.74) is 2.96. The second-order valence-electron chi connectivity index (χ2n) is 7.59. The molecule has 0 aliphatic carbocycles. The first-order valence-electron chi connectivity index (χ1n) is 10.1. The summed E-state index contributed by atoms with van der Waals surface area (Å²) in [5, 5.41) is 14.1. The van der Waals surface area contributed by atoms with Crippen LogP contribution in [0.1, 0.15) is 49.4 Å². The number of nitrogens with one attached hydrogen (secondary N) is 1. The third-order valence-corrected chi connectivity index (χ3v) is 6.33. The molecule has 0 aliphatic heterocycles. The average molecular weight is 448 g/mol. The molecule has 2 atom stereocenters. The van der Waals surface area contributed by atoms with E-state index >= 15 is 0 Å². The van der Waals surface area contributed by atoms with Crippen molar-refractivity contribution in [3.8, 4) is 0 Å². The molecule has 0 saturated heterocycles. The lowest BCUT2D eigenvalue weighted by atomic mass is 9.97. The smallest absolute Gasteiger partial charge is 0.271 e. The van der Waals surface area contributed by atoms with Crippen LogP contribution in [0, 0.1) is 24.0 Å². The zero-order valence-corrected chi connectivity index (χ0v) is 19.3. The van der Waals surface area contributed by atoms with Gasteiger partial charge >= 0.3 is 0 Å². The van der Waals surface area contributed by atoms with Crippen LogP contribution >= 0.6 is 0 Å². The predicted octanol–water partition coefficient (Wildman–Crippen LogP) is 4.02. The Balaban J connectivity index is 2.42. The zero-order chi connectivity index (χ0) is 23.3. The Kier molecular flexibility index (Phi) is 7.78. The molecule has 2 rings (SSSR count). The lowest BCUT2D eigenvalue weighted by Crippen LogP contribution is -2.50. The Morgan fingerprint density at radius 3 is 2.32 bits per heavy atom. The number of benzene rings is 2. The molecule has 0 unspecified atom stereocenters. The van der Waals surface area contributed by atoms with E-state index in [0.29, 0.717) is 6.42 Å². The molecule has 168 valence electrons. The van der Waals surface area contributed by atoms with Crippen molar-refractivity contribution < 1.29 is 18.1 Å².